The van der Waals surface area contributed by atoms with Gasteiger partial charge >= 0.3 is 0 Å². The van der Waals surface area contributed by atoms with Gasteiger partial charge in [-0.15, -0.1) is 0 Å². The molecule has 5 heteroatoms. The molecule has 2 aromatic carbocycles. The number of halogens is 1. The largest absolute Gasteiger partial charge is 0.389 e. The van der Waals surface area contributed by atoms with Crippen LogP contribution in [0.1, 0.15) is 15.9 Å². The van der Waals surface area contributed by atoms with Gasteiger partial charge in [-0.3, -0.25) is 4.79 Å². The van der Waals surface area contributed by atoms with Crippen molar-refractivity contribution in [2.75, 3.05) is 11.9 Å². The van der Waals surface area contributed by atoms with Crippen molar-refractivity contribution in [3.8, 4) is 0 Å². The maximum atomic E-state index is 12.6. The molecule has 0 aliphatic rings. The zero-order valence-electron chi connectivity index (χ0n) is 10.8. The van der Waals surface area contributed by atoms with Crippen molar-refractivity contribution in [1.29, 1.82) is 0 Å². The molecule has 0 aliphatic carbocycles. The van der Waals surface area contributed by atoms with Crippen LogP contribution in [0.5, 0.6) is 0 Å². The second-order valence-electron chi connectivity index (χ2n) is 4.23. The van der Waals surface area contributed by atoms with Crippen molar-refractivity contribution in [1.82, 2.24) is 0 Å². The highest BCUT2D eigenvalue weighted by molar-refractivity contribution is 14.1. The van der Waals surface area contributed by atoms with Crippen molar-refractivity contribution >= 4 is 51.4 Å². The number of hydrogen-bond acceptors (Lipinski definition) is 2. The molecule has 0 radical (unpaired) electrons. The minimum absolute atomic E-state index is 0.0845. The van der Waals surface area contributed by atoms with Crippen molar-refractivity contribution < 1.29 is 4.79 Å². The number of thiocarbonyl (C=S) groups is 1. The molecule has 2 rings (SSSR count). The van der Waals surface area contributed by atoms with E-state index >= 15 is 0 Å². The first-order chi connectivity index (χ1) is 9.52. The lowest BCUT2D eigenvalue weighted by molar-refractivity contribution is 0.0992. The third kappa shape index (κ3) is 2.99. The van der Waals surface area contributed by atoms with Gasteiger partial charge in [0.25, 0.3) is 5.91 Å². The minimum Gasteiger partial charge on any atom is -0.389 e. The number of carbonyl (C=O) groups is 1. The maximum absolute atomic E-state index is 12.6. The third-order valence-electron chi connectivity index (χ3n) is 2.94. The summed E-state index contributed by atoms with van der Waals surface area (Å²) in [6, 6.07) is 14.8. The van der Waals surface area contributed by atoms with E-state index in [-0.39, 0.29) is 10.9 Å². The smallest absolute Gasteiger partial charge is 0.259 e. The van der Waals surface area contributed by atoms with E-state index in [0.29, 0.717) is 16.8 Å². The Kier molecular flexibility index (Phi) is 4.72. The number of anilines is 1. The maximum Gasteiger partial charge on any atom is 0.259 e. The molecule has 0 aromatic heterocycles. The van der Waals surface area contributed by atoms with E-state index in [1.807, 2.05) is 48.5 Å². The number of benzene rings is 2. The average molecular weight is 396 g/mol. The van der Waals surface area contributed by atoms with E-state index in [1.165, 1.54) is 0 Å². The predicted molar refractivity (Wildman–Crippen MR) is 94.2 cm³/mol. The lowest BCUT2D eigenvalue weighted by Crippen LogP contribution is -2.29. The number of hydrogen-bond donors (Lipinski definition) is 1. The third-order valence-corrected chi connectivity index (χ3v) is 4.10. The van der Waals surface area contributed by atoms with Crippen molar-refractivity contribution in [2.45, 2.75) is 0 Å². The number of nitrogens with zero attached hydrogens (tertiary/aromatic N) is 1. The summed E-state index contributed by atoms with van der Waals surface area (Å²) in [4.78, 5) is 14.4. The normalized spacial score (nSPS) is 10.1. The Morgan fingerprint density at radius 2 is 1.65 bits per heavy atom. The van der Waals surface area contributed by atoms with Crippen molar-refractivity contribution in [3.05, 3.63) is 63.2 Å². The fourth-order valence-electron chi connectivity index (χ4n) is 1.90. The highest BCUT2D eigenvalue weighted by Crippen LogP contribution is 2.22. The molecule has 2 aromatic rings. The van der Waals surface area contributed by atoms with E-state index < -0.39 is 0 Å². The fraction of sp³-hybridized carbons (Fsp3) is 0.0667. The lowest BCUT2D eigenvalue weighted by Gasteiger charge is -2.21. The summed E-state index contributed by atoms with van der Waals surface area (Å²) in [6.45, 7) is 0. The van der Waals surface area contributed by atoms with Gasteiger partial charge in [0, 0.05) is 16.2 Å². The lowest BCUT2D eigenvalue weighted by atomic mass is 10.1. The Hall–Kier alpha value is -1.47. The van der Waals surface area contributed by atoms with Gasteiger partial charge in [-0.05, 0) is 46.9 Å². The van der Waals surface area contributed by atoms with Gasteiger partial charge < -0.3 is 10.6 Å². The zero-order valence-corrected chi connectivity index (χ0v) is 13.8. The van der Waals surface area contributed by atoms with Gasteiger partial charge in [-0.25, -0.2) is 0 Å². The van der Waals surface area contributed by atoms with Crippen LogP contribution < -0.4 is 10.6 Å². The molecular weight excluding hydrogens is 383 g/mol. The summed E-state index contributed by atoms with van der Waals surface area (Å²) in [5.41, 5.74) is 7.78. The topological polar surface area (TPSA) is 46.3 Å². The first-order valence-electron chi connectivity index (χ1n) is 5.94. The highest BCUT2D eigenvalue weighted by Gasteiger charge is 2.18. The van der Waals surface area contributed by atoms with Crippen molar-refractivity contribution in [2.24, 2.45) is 5.73 Å². The van der Waals surface area contributed by atoms with Gasteiger partial charge in [-0.2, -0.15) is 0 Å². The summed E-state index contributed by atoms with van der Waals surface area (Å²) in [5.74, 6) is -0.0845. The predicted octanol–water partition coefficient (Wildman–Crippen LogP) is 3.20. The molecule has 0 atom stereocenters. The monoisotopic (exact) mass is 396 g/mol. The Balaban J connectivity index is 2.42. The summed E-state index contributed by atoms with van der Waals surface area (Å²) >= 11 is 7.19. The van der Waals surface area contributed by atoms with E-state index in [4.69, 9.17) is 18.0 Å². The molecular formula is C15H13IN2OS. The van der Waals surface area contributed by atoms with Crippen LogP contribution in [0, 0.1) is 3.57 Å². The summed E-state index contributed by atoms with van der Waals surface area (Å²) in [5, 5.41) is 0. The molecule has 0 aliphatic heterocycles. The van der Waals surface area contributed by atoms with Crippen LogP contribution in [0.15, 0.2) is 48.5 Å². The molecule has 0 saturated carbocycles. The van der Waals surface area contributed by atoms with Gasteiger partial charge in [0.1, 0.15) is 4.99 Å². The molecule has 0 unspecified atom stereocenters. The number of nitrogens with two attached hydrogens (primary N) is 1. The van der Waals surface area contributed by atoms with Crippen LogP contribution in [-0.4, -0.2) is 17.9 Å². The first kappa shape index (κ1) is 14.9. The quantitative estimate of drug-likeness (QED) is 0.641. The van der Waals surface area contributed by atoms with Gasteiger partial charge in [-0.1, -0.05) is 36.5 Å². The molecule has 0 saturated heterocycles. The molecule has 0 bridgehead atoms. The molecule has 0 fully saturated rings. The van der Waals surface area contributed by atoms with Crippen LogP contribution in [0.3, 0.4) is 0 Å². The van der Waals surface area contributed by atoms with Crippen LogP contribution in [0.2, 0.25) is 0 Å². The second kappa shape index (κ2) is 6.32. The Morgan fingerprint density at radius 1 is 1.10 bits per heavy atom. The Labute approximate surface area is 136 Å². The average Bonchev–Trinajstić information content (AvgIpc) is 2.46. The first-order valence-corrected chi connectivity index (χ1v) is 7.42. The van der Waals surface area contributed by atoms with Crippen LogP contribution >= 0.6 is 34.8 Å². The summed E-state index contributed by atoms with van der Waals surface area (Å²) in [6.07, 6.45) is 0. The van der Waals surface area contributed by atoms with Crippen LogP contribution in [-0.2, 0) is 0 Å². The summed E-state index contributed by atoms with van der Waals surface area (Å²) in [7, 11) is 1.72. The van der Waals surface area contributed by atoms with Crippen molar-refractivity contribution in [3.63, 3.8) is 0 Å². The standard InChI is InChI=1S/C15H13IN2OS/c1-18(13-9-5-3-7-11(13)14(17)20)15(19)10-6-2-4-8-12(10)16/h2-9H,1H3,(H2,17,20). The Morgan fingerprint density at radius 3 is 2.25 bits per heavy atom. The summed E-state index contributed by atoms with van der Waals surface area (Å²) < 4.78 is 0.912. The molecule has 2 N–H and O–H groups in total. The number of carbonyl (C=O) groups excluding carboxylic acids is 1. The SMILES string of the molecule is CN(C(=O)c1ccccc1I)c1ccccc1C(N)=S. The molecule has 1 amide bonds. The van der Waals surface area contributed by atoms with E-state index in [0.717, 1.165) is 3.57 Å². The molecule has 3 nitrogen and oxygen atoms in total. The van der Waals surface area contributed by atoms with Crippen LogP contribution in [0.25, 0.3) is 0 Å². The number of rotatable bonds is 3. The fourth-order valence-corrected chi connectivity index (χ4v) is 2.69. The number of para-hydroxylation sites is 1. The highest BCUT2D eigenvalue weighted by atomic mass is 127. The Bertz CT molecular complexity index is 672. The molecule has 0 spiro atoms. The van der Waals surface area contributed by atoms with E-state index in [9.17, 15) is 4.79 Å². The molecule has 0 heterocycles. The van der Waals surface area contributed by atoms with Crippen LogP contribution in [0.4, 0.5) is 5.69 Å². The van der Waals surface area contributed by atoms with E-state index in [1.54, 1.807) is 11.9 Å². The van der Waals surface area contributed by atoms with Gasteiger partial charge in [0.15, 0.2) is 0 Å². The minimum atomic E-state index is -0.0845. The molecule has 102 valence electrons. The number of amides is 1. The van der Waals surface area contributed by atoms with E-state index in [2.05, 4.69) is 22.6 Å². The van der Waals surface area contributed by atoms with Gasteiger partial charge in [0.2, 0.25) is 0 Å². The molecule has 20 heavy (non-hydrogen) atoms. The second-order valence-corrected chi connectivity index (χ2v) is 5.83. The van der Waals surface area contributed by atoms with Gasteiger partial charge in [0.05, 0.1) is 11.3 Å². The zero-order chi connectivity index (χ0) is 14.7.